The van der Waals surface area contributed by atoms with E-state index in [4.69, 9.17) is 5.73 Å². The monoisotopic (exact) mass is 312 g/mol. The fraction of sp³-hybridized carbons (Fsp3) is 0.368. The zero-order valence-corrected chi connectivity index (χ0v) is 14.2. The van der Waals surface area contributed by atoms with Crippen molar-refractivity contribution in [3.8, 4) is 10.6 Å². The molecule has 0 amide bonds. The number of unbranched alkanes of at least 4 members (excludes halogenated alkanes) is 1. The van der Waals surface area contributed by atoms with Gasteiger partial charge < -0.3 is 10.7 Å². The molecule has 3 N–H and O–H groups in total. The lowest BCUT2D eigenvalue weighted by Crippen LogP contribution is -1.99. The first-order chi connectivity index (χ1) is 10.7. The third-order valence-electron chi connectivity index (χ3n) is 4.27. The third kappa shape index (κ3) is 2.83. The lowest BCUT2D eigenvalue weighted by molar-refractivity contribution is 0.748. The summed E-state index contributed by atoms with van der Waals surface area (Å²) in [4.78, 5) is 5.07. The fourth-order valence-corrected chi connectivity index (χ4v) is 4.03. The molecule has 3 rings (SSSR count). The van der Waals surface area contributed by atoms with Gasteiger partial charge in [0.2, 0.25) is 0 Å². The number of aromatic amines is 1. The molecule has 0 bridgehead atoms. The van der Waals surface area contributed by atoms with Crippen molar-refractivity contribution >= 4 is 22.2 Å². The van der Waals surface area contributed by atoms with Crippen LogP contribution in [-0.4, -0.2) is 11.5 Å². The molecular weight excluding hydrogens is 288 g/mol. The zero-order chi connectivity index (χ0) is 15.5. The third-order valence-corrected chi connectivity index (χ3v) is 5.33. The van der Waals surface area contributed by atoms with E-state index in [1.807, 2.05) is 11.3 Å². The fourth-order valence-electron chi connectivity index (χ4n) is 3.11. The van der Waals surface area contributed by atoms with E-state index in [0.29, 0.717) is 0 Å². The van der Waals surface area contributed by atoms with E-state index < -0.39 is 0 Å². The molecular formula is C19H24N2S. The van der Waals surface area contributed by atoms with Crippen LogP contribution >= 0.6 is 11.3 Å². The Morgan fingerprint density at radius 2 is 2.09 bits per heavy atom. The minimum Gasteiger partial charge on any atom is -0.353 e. The second kappa shape index (κ2) is 6.67. The molecule has 2 nitrogen and oxygen atoms in total. The van der Waals surface area contributed by atoms with Gasteiger partial charge in [0.15, 0.2) is 0 Å². The normalized spacial score (nSPS) is 11.4. The SMILES string of the molecule is CCc1cccc2c(CCCCN)c(-c3cc(C)cs3)[nH]c12. The minimum atomic E-state index is 0.774. The van der Waals surface area contributed by atoms with Crippen LogP contribution in [0.4, 0.5) is 0 Å². The van der Waals surface area contributed by atoms with Crippen LogP contribution in [0, 0.1) is 6.92 Å². The smallest absolute Gasteiger partial charge is 0.0598 e. The van der Waals surface area contributed by atoms with Gasteiger partial charge in [0.1, 0.15) is 0 Å². The highest BCUT2D eigenvalue weighted by Gasteiger charge is 2.15. The van der Waals surface area contributed by atoms with Crippen molar-refractivity contribution in [2.24, 2.45) is 5.73 Å². The summed E-state index contributed by atoms with van der Waals surface area (Å²) < 4.78 is 0. The Bertz CT molecular complexity index is 767. The van der Waals surface area contributed by atoms with E-state index in [1.165, 1.54) is 38.2 Å². The maximum atomic E-state index is 5.67. The average molecular weight is 312 g/mol. The molecule has 0 radical (unpaired) electrons. The van der Waals surface area contributed by atoms with E-state index in [1.54, 1.807) is 0 Å². The molecule has 0 fully saturated rings. The number of fused-ring (bicyclic) bond motifs is 1. The average Bonchev–Trinajstić information content (AvgIpc) is 3.11. The summed E-state index contributed by atoms with van der Waals surface area (Å²) in [5.74, 6) is 0. The Labute approximate surface area is 136 Å². The number of nitrogens with one attached hydrogen (secondary N) is 1. The summed E-state index contributed by atoms with van der Waals surface area (Å²) in [7, 11) is 0. The summed E-state index contributed by atoms with van der Waals surface area (Å²) in [6.07, 6.45) is 4.39. The zero-order valence-electron chi connectivity index (χ0n) is 13.4. The maximum Gasteiger partial charge on any atom is 0.0598 e. The largest absolute Gasteiger partial charge is 0.353 e. The molecule has 0 aliphatic rings. The second-order valence-corrected chi connectivity index (χ2v) is 6.82. The van der Waals surface area contributed by atoms with Crippen molar-refractivity contribution in [2.45, 2.75) is 39.5 Å². The Balaban J connectivity index is 2.14. The van der Waals surface area contributed by atoms with Crippen LogP contribution in [0.2, 0.25) is 0 Å². The first kappa shape index (κ1) is 15.3. The van der Waals surface area contributed by atoms with Gasteiger partial charge in [0, 0.05) is 10.9 Å². The van der Waals surface area contributed by atoms with Crippen molar-refractivity contribution in [3.05, 3.63) is 46.3 Å². The number of aromatic nitrogens is 1. The lowest BCUT2D eigenvalue weighted by Gasteiger charge is -2.03. The predicted octanol–water partition coefficient (Wildman–Crippen LogP) is 5.05. The van der Waals surface area contributed by atoms with Gasteiger partial charge in [-0.15, -0.1) is 11.3 Å². The van der Waals surface area contributed by atoms with Crippen LogP contribution in [0.25, 0.3) is 21.5 Å². The van der Waals surface area contributed by atoms with Crippen LogP contribution in [0.5, 0.6) is 0 Å². The van der Waals surface area contributed by atoms with Crippen LogP contribution in [0.15, 0.2) is 29.6 Å². The molecule has 1 aromatic carbocycles. The number of thiophene rings is 1. The number of hydrogen-bond acceptors (Lipinski definition) is 2. The van der Waals surface area contributed by atoms with Gasteiger partial charge in [-0.25, -0.2) is 0 Å². The van der Waals surface area contributed by atoms with E-state index in [9.17, 15) is 0 Å². The van der Waals surface area contributed by atoms with Gasteiger partial charge in [0.05, 0.1) is 10.6 Å². The van der Waals surface area contributed by atoms with Crippen molar-refractivity contribution in [3.63, 3.8) is 0 Å². The van der Waals surface area contributed by atoms with Crippen molar-refractivity contribution < 1.29 is 0 Å². The predicted molar refractivity (Wildman–Crippen MR) is 97.7 cm³/mol. The Hall–Kier alpha value is -1.58. The number of hydrogen-bond donors (Lipinski definition) is 2. The van der Waals surface area contributed by atoms with Crippen molar-refractivity contribution in [1.29, 1.82) is 0 Å². The molecule has 0 saturated heterocycles. The Morgan fingerprint density at radius 3 is 2.77 bits per heavy atom. The molecule has 3 aromatic rings. The topological polar surface area (TPSA) is 41.8 Å². The first-order valence-electron chi connectivity index (χ1n) is 8.12. The molecule has 116 valence electrons. The molecule has 0 aliphatic heterocycles. The number of aryl methyl sites for hydroxylation is 3. The molecule has 0 saturated carbocycles. The highest BCUT2D eigenvalue weighted by Crippen LogP contribution is 2.36. The highest BCUT2D eigenvalue weighted by molar-refractivity contribution is 7.13. The second-order valence-electron chi connectivity index (χ2n) is 5.91. The van der Waals surface area contributed by atoms with E-state index >= 15 is 0 Å². The van der Waals surface area contributed by atoms with Gasteiger partial charge in [0.25, 0.3) is 0 Å². The van der Waals surface area contributed by atoms with Crippen LogP contribution < -0.4 is 5.73 Å². The summed E-state index contributed by atoms with van der Waals surface area (Å²) in [6.45, 7) is 5.16. The van der Waals surface area contributed by atoms with Crippen LogP contribution in [0.1, 0.15) is 36.5 Å². The standard InChI is InChI=1S/C19H24N2S/c1-3-14-7-6-9-15-16(8-4-5-10-20)19(21-18(14)15)17-11-13(2)12-22-17/h6-7,9,11-12,21H,3-5,8,10,20H2,1-2H3. The Kier molecular flexibility index (Phi) is 4.65. The maximum absolute atomic E-state index is 5.67. The molecule has 2 aromatic heterocycles. The van der Waals surface area contributed by atoms with E-state index in [-0.39, 0.29) is 0 Å². The number of nitrogens with two attached hydrogens (primary N) is 1. The molecule has 0 unspecified atom stereocenters. The Morgan fingerprint density at radius 1 is 1.23 bits per heavy atom. The molecule has 0 aliphatic carbocycles. The number of H-pyrrole nitrogens is 1. The quantitative estimate of drug-likeness (QED) is 0.615. The van der Waals surface area contributed by atoms with Gasteiger partial charge in [-0.2, -0.15) is 0 Å². The van der Waals surface area contributed by atoms with Gasteiger partial charge in [-0.1, -0.05) is 25.1 Å². The molecule has 0 spiro atoms. The lowest BCUT2D eigenvalue weighted by atomic mass is 10.0. The molecule has 0 atom stereocenters. The van der Waals surface area contributed by atoms with Gasteiger partial charge >= 0.3 is 0 Å². The van der Waals surface area contributed by atoms with Crippen molar-refractivity contribution in [1.82, 2.24) is 4.98 Å². The van der Waals surface area contributed by atoms with Crippen molar-refractivity contribution in [2.75, 3.05) is 6.54 Å². The summed E-state index contributed by atoms with van der Waals surface area (Å²) in [6, 6.07) is 8.96. The number of benzene rings is 1. The number of rotatable bonds is 6. The van der Waals surface area contributed by atoms with E-state index in [2.05, 4.69) is 48.5 Å². The minimum absolute atomic E-state index is 0.774. The molecule has 2 heterocycles. The van der Waals surface area contributed by atoms with Gasteiger partial charge in [-0.05, 0) is 67.3 Å². The first-order valence-corrected chi connectivity index (χ1v) is 9.00. The van der Waals surface area contributed by atoms with Crippen LogP contribution in [-0.2, 0) is 12.8 Å². The highest BCUT2D eigenvalue weighted by atomic mass is 32.1. The summed E-state index contributed by atoms with van der Waals surface area (Å²) in [5, 5.41) is 3.61. The van der Waals surface area contributed by atoms with Crippen LogP contribution in [0.3, 0.4) is 0 Å². The van der Waals surface area contributed by atoms with E-state index in [0.717, 1.165) is 32.2 Å². The summed E-state index contributed by atoms with van der Waals surface area (Å²) >= 11 is 1.83. The molecule has 22 heavy (non-hydrogen) atoms. The number of para-hydroxylation sites is 1. The summed E-state index contributed by atoms with van der Waals surface area (Å²) in [5.41, 5.74) is 12.5. The van der Waals surface area contributed by atoms with Gasteiger partial charge in [-0.3, -0.25) is 0 Å². The molecule has 3 heteroatoms.